The summed E-state index contributed by atoms with van der Waals surface area (Å²) >= 11 is 0. The quantitative estimate of drug-likeness (QED) is 0.488. The lowest BCUT2D eigenvalue weighted by Gasteiger charge is -2.27. The van der Waals surface area contributed by atoms with Crippen molar-refractivity contribution in [2.24, 2.45) is 5.92 Å². The Morgan fingerprint density at radius 1 is 1.19 bits per heavy atom. The summed E-state index contributed by atoms with van der Waals surface area (Å²) in [5.74, 6) is -1.21. The van der Waals surface area contributed by atoms with Crippen molar-refractivity contribution in [1.29, 1.82) is 0 Å². The van der Waals surface area contributed by atoms with E-state index in [1.165, 1.54) is 6.42 Å². The van der Waals surface area contributed by atoms with Gasteiger partial charge in [0, 0.05) is 13.0 Å². The highest BCUT2D eigenvalue weighted by molar-refractivity contribution is 5.92. The molecule has 1 saturated carbocycles. The highest BCUT2D eigenvalue weighted by atomic mass is 16.6. The van der Waals surface area contributed by atoms with E-state index in [4.69, 9.17) is 9.47 Å². The van der Waals surface area contributed by atoms with Gasteiger partial charge in [-0.1, -0.05) is 32.1 Å². The standard InChI is InChI=1S/C19H32N2O6/c1-19(2,3)27-18(25)21-15(9-12-7-5-4-6-8-12)17(24)26-16(23)14-10-13(22)11-20-14/h12-15,20,22H,4-11H2,1-3H3,(H,21,25)/t13-,14-,15+/m1/s1. The molecule has 3 N–H and O–H groups in total. The molecule has 1 heterocycles. The zero-order valence-electron chi connectivity index (χ0n) is 16.5. The molecule has 1 aliphatic heterocycles. The number of alkyl carbamates (subject to hydrolysis) is 1. The average Bonchev–Trinajstić information content (AvgIpc) is 3.00. The van der Waals surface area contributed by atoms with Gasteiger partial charge in [-0.15, -0.1) is 0 Å². The van der Waals surface area contributed by atoms with E-state index in [1.54, 1.807) is 20.8 Å². The SMILES string of the molecule is CC(C)(C)OC(=O)N[C@@H](CC1CCCCC1)C(=O)OC(=O)[C@H]1C[C@@H](O)CN1. The van der Waals surface area contributed by atoms with Gasteiger partial charge in [0.15, 0.2) is 0 Å². The van der Waals surface area contributed by atoms with Crippen molar-refractivity contribution < 1.29 is 29.0 Å². The van der Waals surface area contributed by atoms with Crippen molar-refractivity contribution in [2.45, 2.75) is 89.5 Å². The number of carbonyl (C=O) groups is 3. The highest BCUT2D eigenvalue weighted by Crippen LogP contribution is 2.28. The van der Waals surface area contributed by atoms with Crippen LogP contribution in [0.4, 0.5) is 4.79 Å². The summed E-state index contributed by atoms with van der Waals surface area (Å²) < 4.78 is 10.2. The maximum Gasteiger partial charge on any atom is 0.408 e. The van der Waals surface area contributed by atoms with E-state index in [2.05, 4.69) is 10.6 Å². The van der Waals surface area contributed by atoms with E-state index < -0.39 is 41.8 Å². The lowest BCUT2D eigenvalue weighted by Crippen LogP contribution is -2.47. The molecule has 2 rings (SSSR count). The zero-order chi connectivity index (χ0) is 20.0. The van der Waals surface area contributed by atoms with Crippen LogP contribution in [0.15, 0.2) is 0 Å². The van der Waals surface area contributed by atoms with Gasteiger partial charge in [-0.05, 0) is 33.1 Å². The number of nitrogens with one attached hydrogen (secondary N) is 2. The normalized spacial score (nSPS) is 24.9. The van der Waals surface area contributed by atoms with Gasteiger partial charge in [0.25, 0.3) is 0 Å². The molecule has 0 aromatic carbocycles. The van der Waals surface area contributed by atoms with Gasteiger partial charge in [-0.3, -0.25) is 0 Å². The minimum atomic E-state index is -0.932. The van der Waals surface area contributed by atoms with Crippen molar-refractivity contribution in [3.8, 4) is 0 Å². The zero-order valence-corrected chi connectivity index (χ0v) is 16.5. The number of amides is 1. The maximum absolute atomic E-state index is 12.6. The summed E-state index contributed by atoms with van der Waals surface area (Å²) in [6, 6.07) is -1.64. The van der Waals surface area contributed by atoms with Gasteiger partial charge in [0.1, 0.15) is 17.7 Å². The van der Waals surface area contributed by atoms with Crippen LogP contribution in [0, 0.1) is 5.92 Å². The molecule has 8 nitrogen and oxygen atoms in total. The second kappa shape index (κ2) is 9.50. The average molecular weight is 384 g/mol. The first kappa shape index (κ1) is 21.6. The first-order valence-electron chi connectivity index (χ1n) is 9.80. The largest absolute Gasteiger partial charge is 0.444 e. The molecule has 8 heteroatoms. The first-order chi connectivity index (χ1) is 12.6. The predicted molar refractivity (Wildman–Crippen MR) is 97.9 cm³/mol. The molecular formula is C19H32N2O6. The van der Waals surface area contributed by atoms with E-state index in [-0.39, 0.29) is 13.0 Å². The molecule has 0 bridgehead atoms. The van der Waals surface area contributed by atoms with E-state index in [1.807, 2.05) is 0 Å². The van der Waals surface area contributed by atoms with Crippen LogP contribution in [-0.2, 0) is 19.1 Å². The van der Waals surface area contributed by atoms with E-state index >= 15 is 0 Å². The summed E-state index contributed by atoms with van der Waals surface area (Å²) in [5.41, 5.74) is -0.691. The van der Waals surface area contributed by atoms with Crippen molar-refractivity contribution in [3.05, 3.63) is 0 Å². The Labute approximate surface area is 160 Å². The van der Waals surface area contributed by atoms with Gasteiger partial charge in [0.05, 0.1) is 6.10 Å². The van der Waals surface area contributed by atoms with E-state index in [0.717, 1.165) is 25.7 Å². The molecule has 2 aliphatic rings. The molecule has 1 amide bonds. The number of hydrogen-bond acceptors (Lipinski definition) is 7. The van der Waals surface area contributed by atoms with Crippen LogP contribution in [0.1, 0.15) is 65.7 Å². The Balaban J connectivity index is 1.97. The molecule has 1 saturated heterocycles. The fraction of sp³-hybridized carbons (Fsp3) is 0.842. The van der Waals surface area contributed by atoms with Gasteiger partial charge >= 0.3 is 18.0 Å². The minimum absolute atomic E-state index is 0.207. The second-order valence-electron chi connectivity index (χ2n) is 8.53. The fourth-order valence-corrected chi connectivity index (χ4v) is 3.56. The summed E-state index contributed by atoms with van der Waals surface area (Å²) in [5, 5.41) is 14.9. The van der Waals surface area contributed by atoms with Gasteiger partial charge in [-0.25, -0.2) is 14.4 Å². The number of ether oxygens (including phenoxy) is 2. The van der Waals surface area contributed by atoms with Crippen LogP contribution in [0.2, 0.25) is 0 Å². The topological polar surface area (TPSA) is 114 Å². The fourth-order valence-electron chi connectivity index (χ4n) is 3.56. The molecule has 1 aliphatic carbocycles. The molecule has 3 atom stereocenters. The van der Waals surface area contributed by atoms with Crippen LogP contribution in [0.25, 0.3) is 0 Å². The molecular weight excluding hydrogens is 352 g/mol. The van der Waals surface area contributed by atoms with Crippen molar-refractivity contribution in [1.82, 2.24) is 10.6 Å². The number of rotatable bonds is 5. The molecule has 0 spiro atoms. The third-order valence-corrected chi connectivity index (χ3v) is 4.86. The smallest absolute Gasteiger partial charge is 0.408 e. The number of carbonyl (C=O) groups excluding carboxylic acids is 3. The molecule has 2 fully saturated rings. The number of β-amino-alcohol motifs (C(OH)–C–C–N with tert-alkyl or cyclic N) is 1. The third-order valence-electron chi connectivity index (χ3n) is 4.86. The number of hydrogen-bond donors (Lipinski definition) is 3. The lowest BCUT2D eigenvalue weighted by molar-refractivity contribution is -0.163. The van der Waals surface area contributed by atoms with E-state index in [0.29, 0.717) is 12.3 Å². The summed E-state index contributed by atoms with van der Waals surface area (Å²) in [4.78, 5) is 36.8. The van der Waals surface area contributed by atoms with Crippen LogP contribution < -0.4 is 10.6 Å². The molecule has 0 aromatic heterocycles. The van der Waals surface area contributed by atoms with Crippen molar-refractivity contribution in [2.75, 3.05) is 6.54 Å². The van der Waals surface area contributed by atoms with Crippen molar-refractivity contribution in [3.63, 3.8) is 0 Å². The van der Waals surface area contributed by atoms with Crippen molar-refractivity contribution >= 4 is 18.0 Å². The Hall–Kier alpha value is -1.67. The first-order valence-corrected chi connectivity index (χ1v) is 9.80. The van der Waals surface area contributed by atoms with Crippen LogP contribution in [0.5, 0.6) is 0 Å². The number of aliphatic hydroxyl groups excluding tert-OH is 1. The Bertz CT molecular complexity index is 539. The lowest BCUT2D eigenvalue weighted by atomic mass is 9.85. The Morgan fingerprint density at radius 3 is 2.41 bits per heavy atom. The summed E-state index contributed by atoms with van der Waals surface area (Å²) in [7, 11) is 0. The van der Waals surface area contributed by atoms with Crippen LogP contribution in [0.3, 0.4) is 0 Å². The molecule has 0 unspecified atom stereocenters. The summed E-state index contributed by atoms with van der Waals surface area (Å²) in [6.45, 7) is 5.50. The predicted octanol–water partition coefficient (Wildman–Crippen LogP) is 1.64. The number of aliphatic hydroxyl groups is 1. The number of esters is 2. The highest BCUT2D eigenvalue weighted by Gasteiger charge is 2.34. The van der Waals surface area contributed by atoms with E-state index in [9.17, 15) is 19.5 Å². The second-order valence-corrected chi connectivity index (χ2v) is 8.53. The van der Waals surface area contributed by atoms with Gasteiger partial charge in [-0.2, -0.15) is 0 Å². The minimum Gasteiger partial charge on any atom is -0.444 e. The Morgan fingerprint density at radius 2 is 1.85 bits per heavy atom. The van der Waals surface area contributed by atoms with Crippen LogP contribution in [-0.4, -0.2) is 53.5 Å². The van der Waals surface area contributed by atoms with Gasteiger partial charge < -0.3 is 25.2 Å². The monoisotopic (exact) mass is 384 g/mol. The van der Waals surface area contributed by atoms with Gasteiger partial charge in [0.2, 0.25) is 0 Å². The Kier molecular flexibility index (Phi) is 7.61. The molecule has 0 radical (unpaired) electrons. The maximum atomic E-state index is 12.6. The third kappa shape index (κ3) is 7.46. The molecule has 0 aromatic rings. The van der Waals surface area contributed by atoms with Crippen LogP contribution >= 0.6 is 0 Å². The molecule has 154 valence electrons. The molecule has 27 heavy (non-hydrogen) atoms. The summed E-state index contributed by atoms with van der Waals surface area (Å²) in [6.07, 6.45) is 4.65.